The molecule has 1 amide bonds. The van der Waals surface area contributed by atoms with Gasteiger partial charge in [-0.2, -0.15) is 0 Å². The number of nitrogens with two attached hydrogens (primary N) is 1. The fourth-order valence-electron chi connectivity index (χ4n) is 2.42. The van der Waals surface area contributed by atoms with Crippen LogP contribution in [-0.2, 0) is 0 Å². The van der Waals surface area contributed by atoms with Crippen molar-refractivity contribution in [1.82, 2.24) is 10.3 Å². The number of nitrogens with one attached hydrogen (secondary N) is 2. The van der Waals surface area contributed by atoms with Crippen molar-refractivity contribution in [3.05, 3.63) is 22.9 Å². The number of rotatable bonds is 3. The number of aromatic nitrogens is 1. The molecule has 2 rings (SSSR count). The molecule has 1 unspecified atom stereocenters. The van der Waals surface area contributed by atoms with Crippen LogP contribution in [0, 0.1) is 13.8 Å². The summed E-state index contributed by atoms with van der Waals surface area (Å²) in [6, 6.07) is 2.19. The number of carbonyl (C=O) groups excluding carboxylic acids is 1. The van der Waals surface area contributed by atoms with Crippen LogP contribution >= 0.6 is 0 Å². The van der Waals surface area contributed by atoms with Crippen LogP contribution in [0.15, 0.2) is 6.07 Å². The molecule has 1 fully saturated rings. The van der Waals surface area contributed by atoms with E-state index in [2.05, 4.69) is 15.6 Å². The Morgan fingerprint density at radius 3 is 2.94 bits per heavy atom. The Labute approximate surface area is 107 Å². The summed E-state index contributed by atoms with van der Waals surface area (Å²) in [5, 5.41) is 6.66. The average Bonchev–Trinajstić information content (AvgIpc) is 2.28. The Morgan fingerprint density at radius 2 is 2.33 bits per heavy atom. The fourth-order valence-corrected chi connectivity index (χ4v) is 2.42. The molecule has 18 heavy (non-hydrogen) atoms. The monoisotopic (exact) mass is 248 g/mol. The van der Waals surface area contributed by atoms with Gasteiger partial charge in [0.1, 0.15) is 5.82 Å². The predicted octanol–water partition coefficient (Wildman–Crippen LogP) is 0.961. The maximum atomic E-state index is 11.5. The van der Waals surface area contributed by atoms with Gasteiger partial charge in [-0.3, -0.25) is 4.79 Å². The van der Waals surface area contributed by atoms with Gasteiger partial charge in [-0.15, -0.1) is 0 Å². The second-order valence-electron chi connectivity index (χ2n) is 4.86. The molecule has 0 aromatic carbocycles. The van der Waals surface area contributed by atoms with Crippen LogP contribution in [0.3, 0.4) is 0 Å². The number of anilines is 1. The SMILES string of the molecule is Cc1cc(C)c(C(N)=O)c(NC2CCCNC2)n1. The molecule has 1 saturated heterocycles. The van der Waals surface area contributed by atoms with E-state index < -0.39 is 5.91 Å². The van der Waals surface area contributed by atoms with Crippen LogP contribution in [-0.4, -0.2) is 30.0 Å². The quantitative estimate of drug-likeness (QED) is 0.744. The Kier molecular flexibility index (Phi) is 3.81. The number of nitrogens with zero attached hydrogens (tertiary/aromatic N) is 1. The molecule has 5 nitrogen and oxygen atoms in total. The largest absolute Gasteiger partial charge is 0.365 e. The second kappa shape index (κ2) is 5.35. The lowest BCUT2D eigenvalue weighted by Gasteiger charge is -2.25. The van der Waals surface area contributed by atoms with E-state index in [0.29, 0.717) is 17.4 Å². The Bertz CT molecular complexity index is 453. The maximum Gasteiger partial charge on any atom is 0.252 e. The van der Waals surface area contributed by atoms with E-state index in [-0.39, 0.29) is 0 Å². The minimum Gasteiger partial charge on any atom is -0.365 e. The fraction of sp³-hybridized carbons (Fsp3) is 0.538. The highest BCUT2D eigenvalue weighted by Crippen LogP contribution is 2.20. The third kappa shape index (κ3) is 2.79. The predicted molar refractivity (Wildman–Crippen MR) is 71.7 cm³/mol. The van der Waals surface area contributed by atoms with Crippen LogP contribution in [0.25, 0.3) is 0 Å². The van der Waals surface area contributed by atoms with Crippen LogP contribution in [0.1, 0.15) is 34.5 Å². The zero-order valence-electron chi connectivity index (χ0n) is 10.9. The number of primary amides is 1. The smallest absolute Gasteiger partial charge is 0.252 e. The summed E-state index contributed by atoms with van der Waals surface area (Å²) >= 11 is 0. The van der Waals surface area contributed by atoms with E-state index in [0.717, 1.165) is 37.2 Å². The first-order chi connectivity index (χ1) is 8.58. The lowest BCUT2D eigenvalue weighted by molar-refractivity contribution is 0.1000. The van der Waals surface area contributed by atoms with Gasteiger partial charge in [0, 0.05) is 18.3 Å². The van der Waals surface area contributed by atoms with Gasteiger partial charge < -0.3 is 16.4 Å². The van der Waals surface area contributed by atoms with Gasteiger partial charge in [-0.1, -0.05) is 0 Å². The van der Waals surface area contributed by atoms with E-state index in [1.165, 1.54) is 0 Å². The van der Waals surface area contributed by atoms with E-state index >= 15 is 0 Å². The molecule has 1 aromatic rings. The zero-order valence-corrected chi connectivity index (χ0v) is 10.9. The summed E-state index contributed by atoms with van der Waals surface area (Å²) in [7, 11) is 0. The van der Waals surface area contributed by atoms with E-state index in [1.54, 1.807) is 0 Å². The van der Waals surface area contributed by atoms with Crippen molar-refractivity contribution in [1.29, 1.82) is 0 Å². The van der Waals surface area contributed by atoms with Crippen molar-refractivity contribution in [2.24, 2.45) is 5.73 Å². The first kappa shape index (κ1) is 12.8. The number of hydrogen-bond acceptors (Lipinski definition) is 4. The van der Waals surface area contributed by atoms with Gasteiger partial charge in [0.05, 0.1) is 5.56 Å². The lowest BCUT2D eigenvalue weighted by atomic mass is 10.1. The van der Waals surface area contributed by atoms with Crippen LogP contribution in [0.4, 0.5) is 5.82 Å². The van der Waals surface area contributed by atoms with E-state index in [9.17, 15) is 4.79 Å². The molecule has 0 saturated carbocycles. The Balaban J connectivity index is 2.27. The average molecular weight is 248 g/mol. The number of amides is 1. The molecule has 0 aliphatic carbocycles. The molecule has 0 spiro atoms. The summed E-state index contributed by atoms with van der Waals surface area (Å²) < 4.78 is 0. The summed E-state index contributed by atoms with van der Waals surface area (Å²) in [5.41, 5.74) is 7.71. The van der Waals surface area contributed by atoms with Gasteiger partial charge in [0.15, 0.2) is 0 Å². The summed E-state index contributed by atoms with van der Waals surface area (Å²) in [6.45, 7) is 5.76. The van der Waals surface area contributed by atoms with Crippen LogP contribution in [0.5, 0.6) is 0 Å². The van der Waals surface area contributed by atoms with Crippen molar-refractivity contribution in [3.8, 4) is 0 Å². The Morgan fingerprint density at radius 1 is 1.56 bits per heavy atom. The number of piperidine rings is 1. The van der Waals surface area contributed by atoms with Crippen molar-refractivity contribution < 1.29 is 4.79 Å². The number of hydrogen-bond donors (Lipinski definition) is 3. The molecule has 0 radical (unpaired) electrons. The highest BCUT2D eigenvalue weighted by Gasteiger charge is 2.18. The topological polar surface area (TPSA) is 80.0 Å². The number of pyridine rings is 1. The number of aryl methyl sites for hydroxylation is 2. The lowest BCUT2D eigenvalue weighted by Crippen LogP contribution is -2.39. The second-order valence-corrected chi connectivity index (χ2v) is 4.86. The molecule has 4 N–H and O–H groups in total. The maximum absolute atomic E-state index is 11.5. The first-order valence-corrected chi connectivity index (χ1v) is 6.33. The van der Waals surface area contributed by atoms with Gasteiger partial charge in [-0.05, 0) is 44.9 Å². The number of carbonyl (C=O) groups is 1. The molecule has 1 atom stereocenters. The zero-order chi connectivity index (χ0) is 13.1. The molecule has 1 aromatic heterocycles. The molecule has 2 heterocycles. The van der Waals surface area contributed by atoms with Gasteiger partial charge in [0.25, 0.3) is 5.91 Å². The highest BCUT2D eigenvalue weighted by atomic mass is 16.1. The van der Waals surface area contributed by atoms with E-state index in [1.807, 2.05) is 19.9 Å². The highest BCUT2D eigenvalue weighted by molar-refractivity contribution is 5.99. The van der Waals surface area contributed by atoms with Crippen molar-refractivity contribution in [3.63, 3.8) is 0 Å². The van der Waals surface area contributed by atoms with E-state index in [4.69, 9.17) is 5.73 Å². The molecular formula is C13H20N4O. The minimum absolute atomic E-state index is 0.311. The third-order valence-corrected chi connectivity index (χ3v) is 3.23. The third-order valence-electron chi connectivity index (χ3n) is 3.23. The van der Waals surface area contributed by atoms with Crippen molar-refractivity contribution in [2.45, 2.75) is 32.7 Å². The molecular weight excluding hydrogens is 228 g/mol. The normalized spacial score (nSPS) is 19.6. The van der Waals surface area contributed by atoms with Gasteiger partial charge in [-0.25, -0.2) is 4.98 Å². The Hall–Kier alpha value is -1.62. The molecule has 5 heteroatoms. The van der Waals surface area contributed by atoms with Crippen LogP contribution in [0.2, 0.25) is 0 Å². The molecule has 0 bridgehead atoms. The minimum atomic E-state index is -0.425. The molecule has 98 valence electrons. The standard InChI is InChI=1S/C13H20N4O/c1-8-6-9(2)16-13(11(8)12(14)18)17-10-4-3-5-15-7-10/h6,10,15H,3-5,7H2,1-2H3,(H2,14,18)(H,16,17). The molecule has 1 aliphatic rings. The first-order valence-electron chi connectivity index (χ1n) is 6.33. The summed E-state index contributed by atoms with van der Waals surface area (Å²) in [5.74, 6) is 0.194. The van der Waals surface area contributed by atoms with Crippen LogP contribution < -0.4 is 16.4 Å². The van der Waals surface area contributed by atoms with Gasteiger partial charge in [0.2, 0.25) is 0 Å². The molecule has 1 aliphatic heterocycles. The van der Waals surface area contributed by atoms with Crippen molar-refractivity contribution in [2.75, 3.05) is 18.4 Å². The summed E-state index contributed by atoms with van der Waals surface area (Å²) in [4.78, 5) is 15.9. The summed E-state index contributed by atoms with van der Waals surface area (Å²) in [6.07, 6.45) is 2.22. The van der Waals surface area contributed by atoms with Crippen molar-refractivity contribution >= 4 is 11.7 Å². The van der Waals surface area contributed by atoms with Gasteiger partial charge >= 0.3 is 0 Å².